The van der Waals surface area contributed by atoms with Gasteiger partial charge in [0.1, 0.15) is 15.7 Å². The summed E-state index contributed by atoms with van der Waals surface area (Å²) in [5.74, 6) is 0.447. The molecule has 0 radical (unpaired) electrons. The molecule has 1 heterocycles. The fourth-order valence-electron chi connectivity index (χ4n) is 4.77. The number of rotatable bonds is 8. The third-order valence-electron chi connectivity index (χ3n) is 6.56. The Labute approximate surface area is 234 Å². The second-order valence-electron chi connectivity index (χ2n) is 8.99. The van der Waals surface area contributed by atoms with E-state index in [0.29, 0.717) is 18.9 Å². The highest BCUT2D eigenvalue weighted by Crippen LogP contribution is 2.49. The van der Waals surface area contributed by atoms with Gasteiger partial charge in [0.15, 0.2) is 5.84 Å². The Morgan fingerprint density at radius 3 is 1.62 bits per heavy atom. The van der Waals surface area contributed by atoms with E-state index in [1.807, 2.05) is 62.4 Å². The van der Waals surface area contributed by atoms with Crippen molar-refractivity contribution in [3.63, 3.8) is 0 Å². The molecule has 0 fully saturated rings. The van der Waals surface area contributed by atoms with Crippen LogP contribution in [0.1, 0.15) is 25.8 Å². The molecular formula is C33H31N2O2PS. The summed E-state index contributed by atoms with van der Waals surface area (Å²) < 4.78 is 5.44. The minimum absolute atomic E-state index is 0.219. The first-order chi connectivity index (χ1) is 19.2. The van der Waals surface area contributed by atoms with Crippen LogP contribution in [0.25, 0.3) is 0 Å². The van der Waals surface area contributed by atoms with Crippen molar-refractivity contribution in [2.45, 2.75) is 25.5 Å². The van der Waals surface area contributed by atoms with Crippen molar-refractivity contribution in [2.24, 2.45) is 9.98 Å². The molecule has 1 aliphatic heterocycles. The van der Waals surface area contributed by atoms with Crippen LogP contribution < -0.4 is 15.9 Å². The SMILES string of the molecule is CCOC(=O)C(CC)SC1=NC(c2ccccc2)=NC1=P(c1ccccc1)(c1ccccc1)c1ccccc1. The molecule has 0 saturated heterocycles. The molecule has 5 rings (SSSR count). The van der Waals surface area contributed by atoms with Crippen LogP contribution in [0, 0.1) is 0 Å². The van der Waals surface area contributed by atoms with Crippen molar-refractivity contribution in [3.05, 3.63) is 127 Å². The van der Waals surface area contributed by atoms with E-state index in [1.54, 1.807) is 0 Å². The highest BCUT2D eigenvalue weighted by Gasteiger charge is 2.37. The standard InChI is InChI=1S/C33H31N2O2PS/c1-3-29(33(36)37-4-2)39-32-31(34-30(35-32)25-17-9-5-10-18-25)38(26-19-11-6-12-20-26,27-21-13-7-14-22-27)28-23-15-8-16-24-28/h5-24,29H,3-4H2,1-2H3. The van der Waals surface area contributed by atoms with Crippen molar-refractivity contribution < 1.29 is 9.53 Å². The van der Waals surface area contributed by atoms with Crippen LogP contribution in [-0.4, -0.2) is 34.1 Å². The lowest BCUT2D eigenvalue weighted by atomic mass is 10.2. The number of aliphatic imine (C=N–C) groups is 2. The fraction of sp³-hybridized carbons (Fsp3) is 0.152. The van der Waals surface area contributed by atoms with E-state index in [4.69, 9.17) is 14.7 Å². The van der Waals surface area contributed by atoms with Gasteiger partial charge in [-0.15, -0.1) is 0 Å². The molecule has 39 heavy (non-hydrogen) atoms. The summed E-state index contributed by atoms with van der Waals surface area (Å²) in [4.78, 5) is 23.4. The van der Waals surface area contributed by atoms with Gasteiger partial charge >= 0.3 is 5.97 Å². The van der Waals surface area contributed by atoms with E-state index in [1.165, 1.54) is 27.7 Å². The summed E-state index contributed by atoms with van der Waals surface area (Å²) in [5, 5.41) is 3.96. The van der Waals surface area contributed by atoms with E-state index in [2.05, 4.69) is 72.8 Å². The second-order valence-corrected chi connectivity index (χ2v) is 13.5. The number of nitrogens with zero attached hydrogens (tertiary/aromatic N) is 2. The van der Waals surface area contributed by atoms with Gasteiger partial charge in [-0.3, -0.25) is 4.79 Å². The molecule has 0 bridgehead atoms. The molecule has 0 amide bonds. The molecule has 196 valence electrons. The summed E-state index contributed by atoms with van der Waals surface area (Å²) in [6.07, 6.45) is 0.629. The number of hydrogen-bond donors (Lipinski definition) is 0. The third-order valence-corrected chi connectivity index (χ3v) is 12.2. The van der Waals surface area contributed by atoms with Gasteiger partial charge in [0, 0.05) is 12.4 Å². The van der Waals surface area contributed by atoms with Crippen LogP contribution in [0.3, 0.4) is 0 Å². The highest BCUT2D eigenvalue weighted by atomic mass is 32.2. The number of amidine groups is 1. The van der Waals surface area contributed by atoms with E-state index in [9.17, 15) is 4.79 Å². The molecule has 0 aliphatic carbocycles. The zero-order chi connectivity index (χ0) is 27.1. The van der Waals surface area contributed by atoms with Crippen LogP contribution >= 0.6 is 18.6 Å². The molecule has 0 N–H and O–H groups in total. The van der Waals surface area contributed by atoms with Gasteiger partial charge in [-0.2, -0.15) is 0 Å². The first-order valence-electron chi connectivity index (χ1n) is 13.2. The second kappa shape index (κ2) is 12.5. The summed E-state index contributed by atoms with van der Waals surface area (Å²) in [5.41, 5.74) is 1.86. The van der Waals surface area contributed by atoms with Gasteiger partial charge < -0.3 is 4.74 Å². The summed E-state index contributed by atoms with van der Waals surface area (Å²) in [7, 11) is 0. The smallest absolute Gasteiger partial charge is 0.319 e. The summed E-state index contributed by atoms with van der Waals surface area (Å²) >= 11 is 1.47. The number of benzene rings is 4. The van der Waals surface area contributed by atoms with Gasteiger partial charge in [0.05, 0.1) is 6.61 Å². The fourth-order valence-corrected chi connectivity index (χ4v) is 10.3. The Balaban J connectivity index is 1.88. The summed E-state index contributed by atoms with van der Waals surface area (Å²) in [6.45, 7) is 1.70. The lowest BCUT2D eigenvalue weighted by Gasteiger charge is -2.30. The zero-order valence-electron chi connectivity index (χ0n) is 22.1. The Hall–Kier alpha value is -3.66. The predicted octanol–water partition coefficient (Wildman–Crippen LogP) is 6.04. The molecule has 0 spiro atoms. The van der Waals surface area contributed by atoms with Crippen molar-refractivity contribution in [2.75, 3.05) is 6.61 Å². The molecule has 1 aliphatic rings. The van der Waals surface area contributed by atoms with Gasteiger partial charge in [-0.05, 0) is 29.3 Å². The molecule has 6 heteroatoms. The Morgan fingerprint density at radius 1 is 0.718 bits per heavy atom. The van der Waals surface area contributed by atoms with Gasteiger partial charge in [0.2, 0.25) is 0 Å². The minimum atomic E-state index is -2.50. The average molecular weight is 551 g/mol. The number of carbonyl (C=O) groups is 1. The molecule has 4 nitrogen and oxygen atoms in total. The van der Waals surface area contributed by atoms with Crippen LogP contribution in [0.2, 0.25) is 0 Å². The molecule has 1 atom stereocenters. The van der Waals surface area contributed by atoms with Gasteiger partial charge in [-0.25, -0.2) is 9.98 Å². The van der Waals surface area contributed by atoms with Crippen LogP contribution in [0.15, 0.2) is 131 Å². The number of thioether (sulfide) groups is 1. The van der Waals surface area contributed by atoms with Crippen molar-refractivity contribution in [1.29, 1.82) is 0 Å². The lowest BCUT2D eigenvalue weighted by Crippen LogP contribution is -2.32. The molecule has 4 aromatic rings. The Kier molecular flexibility index (Phi) is 8.61. The number of ether oxygens (including phenoxy) is 1. The Bertz CT molecular complexity index is 1430. The van der Waals surface area contributed by atoms with Crippen molar-refractivity contribution in [3.8, 4) is 0 Å². The maximum Gasteiger partial charge on any atom is 0.319 e. The topological polar surface area (TPSA) is 51.0 Å². The largest absolute Gasteiger partial charge is 0.465 e. The van der Waals surface area contributed by atoms with Crippen molar-refractivity contribution >= 4 is 56.8 Å². The van der Waals surface area contributed by atoms with Crippen molar-refractivity contribution in [1.82, 2.24) is 0 Å². The molecule has 1 unspecified atom stereocenters. The van der Waals surface area contributed by atoms with Gasteiger partial charge in [-0.1, -0.05) is 140 Å². The predicted molar refractivity (Wildman–Crippen MR) is 169 cm³/mol. The Morgan fingerprint density at radius 2 is 1.18 bits per heavy atom. The third kappa shape index (κ3) is 5.43. The molecule has 4 aromatic carbocycles. The molecule has 0 aromatic heterocycles. The maximum atomic E-state index is 12.9. The van der Waals surface area contributed by atoms with E-state index in [-0.39, 0.29) is 11.2 Å². The monoisotopic (exact) mass is 550 g/mol. The number of esters is 1. The number of carbonyl (C=O) groups excluding carboxylic acids is 1. The van der Waals surface area contributed by atoms with E-state index in [0.717, 1.165) is 16.0 Å². The quantitative estimate of drug-likeness (QED) is 0.198. The highest BCUT2D eigenvalue weighted by molar-refractivity contribution is 8.19. The van der Waals surface area contributed by atoms with E-state index < -0.39 is 6.89 Å². The van der Waals surface area contributed by atoms with Crippen LogP contribution in [0.5, 0.6) is 0 Å². The molecule has 0 saturated carbocycles. The number of hydrogen-bond acceptors (Lipinski definition) is 4. The first-order valence-corrected chi connectivity index (χ1v) is 15.8. The van der Waals surface area contributed by atoms with Crippen LogP contribution in [0.4, 0.5) is 0 Å². The first kappa shape index (κ1) is 26.9. The molecular weight excluding hydrogens is 519 g/mol. The lowest BCUT2D eigenvalue weighted by molar-refractivity contribution is -0.142. The van der Waals surface area contributed by atoms with Crippen LogP contribution in [-0.2, 0) is 9.53 Å². The van der Waals surface area contributed by atoms with Gasteiger partial charge in [0.25, 0.3) is 0 Å². The summed E-state index contributed by atoms with van der Waals surface area (Å²) in [6, 6.07) is 41.9. The zero-order valence-corrected chi connectivity index (χ0v) is 23.8. The average Bonchev–Trinajstić information content (AvgIpc) is 3.42. The maximum absolute atomic E-state index is 12.9. The normalized spacial score (nSPS) is 13.9. The minimum Gasteiger partial charge on any atom is -0.465 e. The van der Waals surface area contributed by atoms with E-state index >= 15 is 0 Å².